The summed E-state index contributed by atoms with van der Waals surface area (Å²) in [6.45, 7) is 17.4. The summed E-state index contributed by atoms with van der Waals surface area (Å²) in [5, 5.41) is 7.28. The summed E-state index contributed by atoms with van der Waals surface area (Å²) in [5.41, 5.74) is -0.329. The molecule has 4 fully saturated rings. The number of thiocarbonyl (C=S) groups is 1. The Morgan fingerprint density at radius 3 is 2.24 bits per heavy atom. The van der Waals surface area contributed by atoms with E-state index in [0.29, 0.717) is 35.3 Å². The van der Waals surface area contributed by atoms with E-state index in [0.717, 1.165) is 32.1 Å². The van der Waals surface area contributed by atoms with E-state index in [1.165, 1.54) is 12.8 Å². The predicted molar refractivity (Wildman–Crippen MR) is 141 cm³/mol. The molecule has 1 heterocycles. The number of nitrogens with zero attached hydrogens (tertiary/aromatic N) is 1. The highest BCUT2D eigenvalue weighted by molar-refractivity contribution is 7.80. The van der Waals surface area contributed by atoms with Gasteiger partial charge in [0.2, 0.25) is 11.8 Å². The van der Waals surface area contributed by atoms with Gasteiger partial charge in [-0.05, 0) is 127 Å². The Hall–Kier alpha value is -1.17. The number of rotatable bonds is 1. The van der Waals surface area contributed by atoms with Gasteiger partial charge in [0.25, 0.3) is 0 Å². The Labute approximate surface area is 212 Å². The molecule has 2 N–H and O–H groups in total. The van der Waals surface area contributed by atoms with Crippen LogP contribution < -0.4 is 10.6 Å². The van der Waals surface area contributed by atoms with Crippen molar-refractivity contribution in [3.05, 3.63) is 0 Å². The Kier molecular flexibility index (Phi) is 6.44. The van der Waals surface area contributed by atoms with Gasteiger partial charge < -0.3 is 10.6 Å². The fourth-order valence-corrected chi connectivity index (χ4v) is 9.05. The first kappa shape index (κ1) is 25.9. The highest BCUT2D eigenvalue weighted by Crippen LogP contribution is 2.65. The fraction of sp³-hybridized carbons (Fsp3) is 0.893. The van der Waals surface area contributed by atoms with Crippen LogP contribution in [0, 0.1) is 34.5 Å². The summed E-state index contributed by atoms with van der Waals surface area (Å²) in [6.07, 6.45) is 8.32. The number of piperidine rings is 1. The van der Waals surface area contributed by atoms with Gasteiger partial charge in [0.05, 0.1) is 0 Å². The van der Waals surface area contributed by atoms with Crippen molar-refractivity contribution in [2.45, 2.75) is 124 Å². The lowest BCUT2D eigenvalue weighted by Crippen LogP contribution is -2.62. The van der Waals surface area contributed by atoms with Crippen molar-refractivity contribution in [1.29, 1.82) is 0 Å². The lowest BCUT2D eigenvalue weighted by atomic mass is 9.47. The first-order valence-corrected chi connectivity index (χ1v) is 13.9. The highest BCUT2D eigenvalue weighted by Gasteiger charge is 2.62. The molecule has 4 aliphatic rings. The molecule has 5 nitrogen and oxygen atoms in total. The number of carbonyl (C=O) groups is 2. The number of nitrogens with one attached hydrogen (secondary N) is 2. The van der Waals surface area contributed by atoms with Crippen molar-refractivity contribution in [1.82, 2.24) is 15.5 Å². The van der Waals surface area contributed by atoms with E-state index in [-0.39, 0.29) is 39.6 Å². The minimum absolute atomic E-state index is 0.0222. The molecule has 34 heavy (non-hydrogen) atoms. The molecule has 0 spiro atoms. The van der Waals surface area contributed by atoms with Crippen LogP contribution in [0.3, 0.4) is 0 Å². The SMILES string of the molecule is CC(C)(C)NC(=S)N(C(=O)[C@H]1CC[C@H]2[C@@H]3CC[C@H]4NC(=O)CC[C@]4(C)[C@H]3CC[C@]12C)C(C)(C)C. The van der Waals surface area contributed by atoms with E-state index >= 15 is 0 Å². The first-order valence-electron chi connectivity index (χ1n) is 13.5. The van der Waals surface area contributed by atoms with E-state index in [1.54, 1.807) is 0 Å². The number of hydrogen-bond donors (Lipinski definition) is 2. The van der Waals surface area contributed by atoms with Crippen LogP contribution in [-0.2, 0) is 9.59 Å². The van der Waals surface area contributed by atoms with Gasteiger partial charge in [0, 0.05) is 29.5 Å². The van der Waals surface area contributed by atoms with Gasteiger partial charge in [0.15, 0.2) is 5.11 Å². The van der Waals surface area contributed by atoms with Gasteiger partial charge in [-0.25, -0.2) is 0 Å². The Morgan fingerprint density at radius 2 is 1.62 bits per heavy atom. The summed E-state index contributed by atoms with van der Waals surface area (Å²) >= 11 is 5.81. The summed E-state index contributed by atoms with van der Waals surface area (Å²) in [7, 11) is 0. The second kappa shape index (κ2) is 8.45. The van der Waals surface area contributed by atoms with Crippen LogP contribution in [0.15, 0.2) is 0 Å². The molecule has 2 amide bonds. The Bertz CT molecular complexity index is 859. The number of fused-ring (bicyclic) bond motifs is 5. The summed E-state index contributed by atoms with van der Waals surface area (Å²) in [6, 6.07) is 0.329. The third-order valence-electron chi connectivity index (χ3n) is 9.97. The average molecular weight is 490 g/mol. The first-order chi connectivity index (χ1) is 15.6. The lowest BCUT2D eigenvalue weighted by Gasteiger charge is -2.60. The zero-order valence-corrected chi connectivity index (χ0v) is 23.5. The average Bonchev–Trinajstić information content (AvgIpc) is 3.03. The molecule has 0 aromatic heterocycles. The van der Waals surface area contributed by atoms with Gasteiger partial charge in [-0.3, -0.25) is 14.5 Å². The fourth-order valence-electron chi connectivity index (χ4n) is 8.38. The lowest BCUT2D eigenvalue weighted by molar-refractivity contribution is -0.147. The van der Waals surface area contributed by atoms with Crippen molar-refractivity contribution in [3.8, 4) is 0 Å². The van der Waals surface area contributed by atoms with Crippen LogP contribution in [0.4, 0.5) is 0 Å². The maximum Gasteiger partial charge on any atom is 0.232 e. The molecule has 0 aromatic carbocycles. The van der Waals surface area contributed by atoms with E-state index < -0.39 is 0 Å². The summed E-state index contributed by atoms with van der Waals surface area (Å²) in [4.78, 5) is 28.2. The van der Waals surface area contributed by atoms with Crippen molar-refractivity contribution in [2.24, 2.45) is 34.5 Å². The van der Waals surface area contributed by atoms with Crippen molar-refractivity contribution in [2.75, 3.05) is 0 Å². The predicted octanol–water partition coefficient (Wildman–Crippen LogP) is 5.42. The summed E-state index contributed by atoms with van der Waals surface area (Å²) < 4.78 is 0. The molecule has 3 saturated carbocycles. The number of carbonyl (C=O) groups excluding carboxylic acids is 2. The van der Waals surface area contributed by atoms with E-state index in [2.05, 4.69) is 66.0 Å². The van der Waals surface area contributed by atoms with Crippen LogP contribution in [0.5, 0.6) is 0 Å². The van der Waals surface area contributed by atoms with Crippen LogP contribution in [0.25, 0.3) is 0 Å². The second-order valence-corrected chi connectivity index (χ2v) is 14.7. The third-order valence-corrected chi connectivity index (χ3v) is 10.3. The molecule has 6 heteroatoms. The van der Waals surface area contributed by atoms with E-state index in [9.17, 15) is 9.59 Å². The summed E-state index contributed by atoms with van der Waals surface area (Å²) in [5.74, 6) is 2.37. The Balaban J connectivity index is 1.58. The molecule has 1 aliphatic heterocycles. The molecular formula is C28H47N3O2S. The number of hydrogen-bond acceptors (Lipinski definition) is 3. The molecule has 3 aliphatic carbocycles. The molecular weight excluding hydrogens is 442 g/mol. The highest BCUT2D eigenvalue weighted by atomic mass is 32.1. The zero-order valence-electron chi connectivity index (χ0n) is 22.7. The molecule has 0 radical (unpaired) electrons. The molecule has 192 valence electrons. The molecule has 4 rings (SSSR count). The van der Waals surface area contributed by atoms with Gasteiger partial charge in [-0.1, -0.05) is 13.8 Å². The van der Waals surface area contributed by atoms with Crippen LogP contribution in [0.2, 0.25) is 0 Å². The molecule has 7 atom stereocenters. The van der Waals surface area contributed by atoms with Gasteiger partial charge in [-0.15, -0.1) is 0 Å². The Morgan fingerprint density at radius 1 is 0.971 bits per heavy atom. The monoisotopic (exact) mass is 489 g/mol. The molecule has 0 unspecified atom stereocenters. The van der Waals surface area contributed by atoms with Crippen molar-refractivity contribution >= 4 is 29.1 Å². The minimum Gasteiger partial charge on any atom is -0.358 e. The van der Waals surface area contributed by atoms with Crippen LogP contribution >= 0.6 is 12.2 Å². The maximum atomic E-state index is 14.2. The van der Waals surface area contributed by atoms with Crippen molar-refractivity contribution < 1.29 is 9.59 Å². The second-order valence-electron chi connectivity index (χ2n) is 14.3. The van der Waals surface area contributed by atoms with E-state index in [4.69, 9.17) is 12.2 Å². The minimum atomic E-state index is -0.371. The smallest absolute Gasteiger partial charge is 0.232 e. The molecule has 0 bridgehead atoms. The normalized spacial score (nSPS) is 39.9. The van der Waals surface area contributed by atoms with Gasteiger partial charge >= 0.3 is 0 Å². The van der Waals surface area contributed by atoms with Crippen molar-refractivity contribution in [3.63, 3.8) is 0 Å². The zero-order chi connectivity index (χ0) is 25.3. The number of amides is 2. The van der Waals surface area contributed by atoms with Gasteiger partial charge in [0.1, 0.15) is 0 Å². The molecule has 0 aromatic rings. The molecule has 1 saturated heterocycles. The topological polar surface area (TPSA) is 61.4 Å². The van der Waals surface area contributed by atoms with Crippen LogP contribution in [-0.4, -0.2) is 38.9 Å². The quantitative estimate of drug-likeness (QED) is 0.483. The maximum absolute atomic E-state index is 14.2. The van der Waals surface area contributed by atoms with Gasteiger partial charge in [-0.2, -0.15) is 0 Å². The van der Waals surface area contributed by atoms with Crippen LogP contribution in [0.1, 0.15) is 107 Å². The standard InChI is InChI=1S/C28H47N3O2S/c1-25(2,3)30-24(34)31(26(4,5)6)23(33)20-11-10-18-17-9-12-21-28(8,16-14-22(32)29-21)19(17)13-15-27(18,20)7/h17-21H,9-16H2,1-8H3,(H,29,32)(H,30,34)/t17-,18-,19-,20+,21+,27-,28+/m0/s1. The van der Waals surface area contributed by atoms with E-state index in [1.807, 2.05) is 4.90 Å². The largest absolute Gasteiger partial charge is 0.358 e. The third kappa shape index (κ3) is 4.30.